The number of rotatable bonds is 5. The number of benzene rings is 1. The van der Waals surface area contributed by atoms with Gasteiger partial charge in [-0.05, 0) is 38.0 Å². The van der Waals surface area contributed by atoms with Gasteiger partial charge in [-0.3, -0.25) is 5.32 Å². The lowest BCUT2D eigenvalue weighted by Crippen LogP contribution is -2.50. The van der Waals surface area contributed by atoms with Crippen LogP contribution in [0.5, 0.6) is 0 Å². The lowest BCUT2D eigenvalue weighted by Gasteiger charge is -2.30. The molecule has 2 unspecified atom stereocenters. The second-order valence-electron chi connectivity index (χ2n) is 4.51. The Kier molecular flexibility index (Phi) is 5.02. The van der Waals surface area contributed by atoms with Crippen molar-refractivity contribution in [2.24, 2.45) is 0 Å². The van der Waals surface area contributed by atoms with Crippen LogP contribution in [0.3, 0.4) is 0 Å². The summed E-state index contributed by atoms with van der Waals surface area (Å²) in [5.74, 6) is -0.943. The van der Waals surface area contributed by atoms with Gasteiger partial charge in [0.1, 0.15) is 5.54 Å². The Morgan fingerprint density at radius 3 is 2.50 bits per heavy atom. The van der Waals surface area contributed by atoms with Gasteiger partial charge < -0.3 is 5.11 Å². The molecule has 1 rings (SSSR count). The van der Waals surface area contributed by atoms with E-state index in [-0.39, 0.29) is 6.04 Å². The van der Waals surface area contributed by atoms with Gasteiger partial charge >= 0.3 is 5.97 Å². The summed E-state index contributed by atoms with van der Waals surface area (Å²) in [6.07, 6.45) is 0.837. The Labute approximate surface area is 117 Å². The van der Waals surface area contributed by atoms with Crippen LogP contribution in [0.4, 0.5) is 0 Å². The van der Waals surface area contributed by atoms with Crippen LogP contribution in [0.15, 0.2) is 18.2 Å². The summed E-state index contributed by atoms with van der Waals surface area (Å²) in [4.78, 5) is 11.5. The van der Waals surface area contributed by atoms with Crippen LogP contribution in [-0.2, 0) is 10.3 Å². The van der Waals surface area contributed by atoms with Gasteiger partial charge in [-0.25, -0.2) is 4.79 Å². The van der Waals surface area contributed by atoms with E-state index in [1.54, 1.807) is 25.1 Å². The zero-order valence-electron chi connectivity index (χ0n) is 10.6. The summed E-state index contributed by atoms with van der Waals surface area (Å²) >= 11 is 11.8. The van der Waals surface area contributed by atoms with Crippen LogP contribution >= 0.6 is 23.2 Å². The number of carbonyl (C=O) groups is 1. The maximum atomic E-state index is 11.5. The first kappa shape index (κ1) is 15.3. The number of carboxylic acids is 1. The second kappa shape index (κ2) is 5.91. The minimum Gasteiger partial charge on any atom is -0.480 e. The van der Waals surface area contributed by atoms with Crippen molar-refractivity contribution in [3.8, 4) is 0 Å². The lowest BCUT2D eigenvalue weighted by atomic mass is 9.91. The first-order valence-electron chi connectivity index (χ1n) is 5.78. The second-order valence-corrected chi connectivity index (χ2v) is 5.33. The monoisotopic (exact) mass is 289 g/mol. The molecule has 100 valence electrons. The van der Waals surface area contributed by atoms with Crippen molar-refractivity contribution in [2.45, 2.75) is 38.8 Å². The molecule has 1 aromatic rings. The largest absolute Gasteiger partial charge is 0.480 e. The molecule has 2 N–H and O–H groups in total. The van der Waals surface area contributed by atoms with Gasteiger partial charge in [-0.15, -0.1) is 0 Å². The van der Waals surface area contributed by atoms with Crippen molar-refractivity contribution in [3.63, 3.8) is 0 Å². The third-order valence-corrected chi connectivity index (χ3v) is 3.81. The fourth-order valence-electron chi connectivity index (χ4n) is 1.67. The number of carboxylic acid groups (broad SMARTS) is 1. The third-order valence-electron chi connectivity index (χ3n) is 3.07. The molecular weight excluding hydrogens is 273 g/mol. The minimum atomic E-state index is -1.18. The smallest absolute Gasteiger partial charge is 0.328 e. The average molecular weight is 290 g/mol. The Balaban J connectivity index is 3.18. The summed E-state index contributed by atoms with van der Waals surface area (Å²) in [5, 5.41) is 13.3. The molecule has 0 aliphatic rings. The van der Waals surface area contributed by atoms with Crippen LogP contribution < -0.4 is 5.32 Å². The van der Waals surface area contributed by atoms with E-state index in [9.17, 15) is 9.90 Å². The predicted octanol–water partition coefficient (Wildman–Crippen LogP) is 3.68. The number of aliphatic carboxylic acids is 1. The predicted molar refractivity (Wildman–Crippen MR) is 74.3 cm³/mol. The summed E-state index contributed by atoms with van der Waals surface area (Å²) in [6.45, 7) is 5.56. The molecule has 5 heteroatoms. The topological polar surface area (TPSA) is 49.3 Å². The van der Waals surface area contributed by atoms with Gasteiger partial charge in [-0.1, -0.05) is 36.2 Å². The van der Waals surface area contributed by atoms with Crippen molar-refractivity contribution in [1.82, 2.24) is 5.32 Å². The van der Waals surface area contributed by atoms with Crippen molar-refractivity contribution < 1.29 is 9.90 Å². The van der Waals surface area contributed by atoms with E-state index in [4.69, 9.17) is 23.2 Å². The van der Waals surface area contributed by atoms with Crippen molar-refractivity contribution in [1.29, 1.82) is 0 Å². The summed E-state index contributed by atoms with van der Waals surface area (Å²) in [7, 11) is 0. The molecule has 0 radical (unpaired) electrons. The molecule has 2 atom stereocenters. The number of hydrogen-bond donors (Lipinski definition) is 2. The third kappa shape index (κ3) is 3.16. The molecule has 0 saturated heterocycles. The molecule has 3 nitrogen and oxygen atoms in total. The minimum absolute atomic E-state index is 0.0838. The molecule has 0 aliphatic carbocycles. The zero-order chi connectivity index (χ0) is 13.9. The van der Waals surface area contributed by atoms with Crippen molar-refractivity contribution >= 4 is 29.2 Å². The Morgan fingerprint density at radius 1 is 1.44 bits per heavy atom. The van der Waals surface area contributed by atoms with E-state index in [1.807, 2.05) is 13.8 Å². The van der Waals surface area contributed by atoms with Gasteiger partial charge in [0.15, 0.2) is 0 Å². The van der Waals surface area contributed by atoms with Crippen LogP contribution in [0, 0.1) is 0 Å². The molecule has 0 fully saturated rings. The molecule has 18 heavy (non-hydrogen) atoms. The Hall–Kier alpha value is -0.770. The molecule has 0 aromatic heterocycles. The zero-order valence-corrected chi connectivity index (χ0v) is 12.1. The number of hydrogen-bond acceptors (Lipinski definition) is 2. The first-order chi connectivity index (χ1) is 8.31. The standard InChI is InChI=1S/C13H17Cl2NO2/c1-4-8(2)16-13(3,12(17)18)9-5-6-10(14)11(15)7-9/h5-8,16H,4H2,1-3H3,(H,17,18). The first-order valence-corrected chi connectivity index (χ1v) is 6.53. The normalized spacial score (nSPS) is 16.1. The molecular formula is C13H17Cl2NO2. The van der Waals surface area contributed by atoms with Crippen molar-refractivity contribution in [3.05, 3.63) is 33.8 Å². The van der Waals surface area contributed by atoms with Gasteiger partial charge in [0.2, 0.25) is 0 Å². The summed E-state index contributed by atoms with van der Waals surface area (Å²) in [5.41, 5.74) is -0.589. The fourth-order valence-corrected chi connectivity index (χ4v) is 1.97. The highest BCUT2D eigenvalue weighted by atomic mass is 35.5. The molecule has 0 heterocycles. The van der Waals surface area contributed by atoms with Gasteiger partial charge in [-0.2, -0.15) is 0 Å². The van der Waals surface area contributed by atoms with E-state index in [0.29, 0.717) is 15.6 Å². The number of halogens is 2. The van der Waals surface area contributed by atoms with E-state index < -0.39 is 11.5 Å². The van der Waals surface area contributed by atoms with Crippen LogP contribution in [0.25, 0.3) is 0 Å². The average Bonchev–Trinajstić information content (AvgIpc) is 2.31. The molecule has 0 aliphatic heterocycles. The fraction of sp³-hybridized carbons (Fsp3) is 0.462. The maximum Gasteiger partial charge on any atom is 0.328 e. The van der Waals surface area contributed by atoms with Crippen LogP contribution in [0.1, 0.15) is 32.8 Å². The SMILES string of the molecule is CCC(C)NC(C)(C(=O)O)c1ccc(Cl)c(Cl)c1. The van der Waals surface area contributed by atoms with Gasteiger partial charge in [0, 0.05) is 6.04 Å². The van der Waals surface area contributed by atoms with E-state index in [0.717, 1.165) is 6.42 Å². The van der Waals surface area contributed by atoms with E-state index in [2.05, 4.69) is 5.32 Å². The summed E-state index contributed by atoms with van der Waals surface area (Å²) < 4.78 is 0. The maximum absolute atomic E-state index is 11.5. The van der Waals surface area contributed by atoms with E-state index >= 15 is 0 Å². The highest BCUT2D eigenvalue weighted by molar-refractivity contribution is 6.42. The molecule has 0 saturated carbocycles. The highest BCUT2D eigenvalue weighted by Gasteiger charge is 2.36. The van der Waals surface area contributed by atoms with Crippen LogP contribution in [0.2, 0.25) is 10.0 Å². The molecule has 0 bridgehead atoms. The molecule has 1 aromatic carbocycles. The number of nitrogens with one attached hydrogen (secondary N) is 1. The molecule has 0 amide bonds. The molecule has 0 spiro atoms. The Morgan fingerprint density at radius 2 is 2.06 bits per heavy atom. The van der Waals surface area contributed by atoms with Gasteiger partial charge in [0.05, 0.1) is 10.0 Å². The summed E-state index contributed by atoms with van der Waals surface area (Å²) in [6, 6.07) is 4.96. The highest BCUT2D eigenvalue weighted by Crippen LogP contribution is 2.29. The van der Waals surface area contributed by atoms with Crippen molar-refractivity contribution in [2.75, 3.05) is 0 Å². The quantitative estimate of drug-likeness (QED) is 0.869. The van der Waals surface area contributed by atoms with E-state index in [1.165, 1.54) is 0 Å². The van der Waals surface area contributed by atoms with Gasteiger partial charge in [0.25, 0.3) is 0 Å². The Bertz CT molecular complexity index is 451. The lowest BCUT2D eigenvalue weighted by molar-refractivity contribution is -0.145. The van der Waals surface area contributed by atoms with Crippen LogP contribution in [-0.4, -0.2) is 17.1 Å².